The van der Waals surface area contributed by atoms with Crippen molar-refractivity contribution < 1.29 is 25.0 Å². The largest absolute Gasteiger partial charge is 0.481 e. The minimum Gasteiger partial charge on any atom is -0.481 e. The fraction of sp³-hybridized carbons (Fsp3) is 0.773. The number of carbonyl (C=O) groups is 1. The molecule has 4 atom stereocenters. The number of hydrogen-bond acceptors (Lipinski definition) is 5. The molecule has 0 aliphatic heterocycles. The van der Waals surface area contributed by atoms with E-state index in [2.05, 4.69) is 12.4 Å². The third kappa shape index (κ3) is 7.22. The van der Waals surface area contributed by atoms with Gasteiger partial charge in [0.25, 0.3) is 0 Å². The summed E-state index contributed by atoms with van der Waals surface area (Å²) in [4.78, 5) is 15.8. The Morgan fingerprint density at radius 2 is 1.96 bits per heavy atom. The predicted molar refractivity (Wildman–Crippen MR) is 108 cm³/mol. The number of allylic oxidation sites excluding steroid dienone is 1. The van der Waals surface area contributed by atoms with E-state index < -0.39 is 18.2 Å². The molecule has 1 saturated carbocycles. The molecule has 2 aliphatic rings. The molecule has 160 valence electrons. The molecular formula is C22H37NO5. The Morgan fingerprint density at radius 3 is 2.71 bits per heavy atom. The van der Waals surface area contributed by atoms with Crippen LogP contribution in [0.5, 0.6) is 0 Å². The summed E-state index contributed by atoms with van der Waals surface area (Å²) in [6, 6.07) is 0. The van der Waals surface area contributed by atoms with Gasteiger partial charge in [0, 0.05) is 18.0 Å². The van der Waals surface area contributed by atoms with E-state index in [1.54, 1.807) is 0 Å². The van der Waals surface area contributed by atoms with Gasteiger partial charge in [-0.15, -0.1) is 0 Å². The van der Waals surface area contributed by atoms with Crippen molar-refractivity contribution in [2.24, 2.45) is 11.8 Å². The monoisotopic (exact) mass is 395 g/mol. The number of hydrogen-bond donors (Lipinski definition) is 4. The zero-order valence-electron chi connectivity index (χ0n) is 17.1. The van der Waals surface area contributed by atoms with Gasteiger partial charge in [0.05, 0.1) is 18.8 Å². The molecule has 0 heterocycles. The number of aliphatic hydroxyl groups is 2. The summed E-state index contributed by atoms with van der Waals surface area (Å²) >= 11 is 0. The SMILES string of the molecule is CCCCCCCCC(O)C=CC1C(O)CC2=C(NOCCCC(=O)O)C[C@H]21. The first kappa shape index (κ1) is 22.9. The van der Waals surface area contributed by atoms with E-state index >= 15 is 0 Å². The molecule has 0 radical (unpaired) electrons. The summed E-state index contributed by atoms with van der Waals surface area (Å²) in [5.41, 5.74) is 5.14. The second kappa shape index (κ2) is 12.2. The van der Waals surface area contributed by atoms with E-state index in [1.807, 2.05) is 12.2 Å². The molecule has 0 amide bonds. The number of carboxylic acid groups (broad SMARTS) is 1. The van der Waals surface area contributed by atoms with Crippen molar-refractivity contribution in [1.82, 2.24) is 5.48 Å². The summed E-state index contributed by atoms with van der Waals surface area (Å²) in [5.74, 6) is -0.439. The zero-order chi connectivity index (χ0) is 20.4. The van der Waals surface area contributed by atoms with Gasteiger partial charge < -0.3 is 15.3 Å². The molecular weight excluding hydrogens is 358 g/mol. The lowest BCUT2D eigenvalue weighted by atomic mass is 9.79. The van der Waals surface area contributed by atoms with Crippen LogP contribution in [-0.2, 0) is 9.63 Å². The smallest absolute Gasteiger partial charge is 0.303 e. The minimum atomic E-state index is -0.818. The number of rotatable bonds is 15. The second-order valence-corrected chi connectivity index (χ2v) is 8.12. The van der Waals surface area contributed by atoms with Crippen LogP contribution < -0.4 is 5.48 Å². The first-order valence-electron chi connectivity index (χ1n) is 10.9. The van der Waals surface area contributed by atoms with E-state index in [4.69, 9.17) is 9.94 Å². The highest BCUT2D eigenvalue weighted by molar-refractivity contribution is 5.66. The van der Waals surface area contributed by atoms with Crippen LogP contribution in [0, 0.1) is 11.8 Å². The van der Waals surface area contributed by atoms with Gasteiger partial charge in [0.15, 0.2) is 0 Å². The van der Waals surface area contributed by atoms with Gasteiger partial charge in [-0.1, -0.05) is 57.6 Å². The lowest BCUT2D eigenvalue weighted by Gasteiger charge is -2.31. The van der Waals surface area contributed by atoms with Crippen molar-refractivity contribution in [2.45, 2.75) is 89.8 Å². The molecule has 2 rings (SSSR count). The van der Waals surface area contributed by atoms with Crippen LogP contribution in [0.3, 0.4) is 0 Å². The van der Waals surface area contributed by atoms with E-state index in [1.165, 1.54) is 37.7 Å². The first-order valence-corrected chi connectivity index (χ1v) is 10.9. The summed E-state index contributed by atoms with van der Waals surface area (Å²) in [6.07, 6.45) is 13.1. The number of hydroxylamine groups is 1. The molecule has 0 spiro atoms. The number of aliphatic carboxylic acids is 1. The van der Waals surface area contributed by atoms with E-state index in [9.17, 15) is 15.0 Å². The first-order chi connectivity index (χ1) is 13.5. The molecule has 0 aromatic heterocycles. The Morgan fingerprint density at radius 1 is 1.21 bits per heavy atom. The van der Waals surface area contributed by atoms with Crippen molar-refractivity contribution in [3.8, 4) is 0 Å². The van der Waals surface area contributed by atoms with Gasteiger partial charge in [-0.25, -0.2) is 0 Å². The predicted octanol–water partition coefficient (Wildman–Crippen LogP) is 3.69. The van der Waals surface area contributed by atoms with Crippen LogP contribution in [0.1, 0.15) is 77.6 Å². The van der Waals surface area contributed by atoms with Gasteiger partial charge in [0.2, 0.25) is 0 Å². The molecule has 6 nitrogen and oxygen atoms in total. The van der Waals surface area contributed by atoms with Crippen molar-refractivity contribution in [2.75, 3.05) is 6.61 Å². The average molecular weight is 396 g/mol. The molecule has 6 heteroatoms. The lowest BCUT2D eigenvalue weighted by molar-refractivity contribution is -0.137. The molecule has 0 bridgehead atoms. The van der Waals surface area contributed by atoms with Crippen LogP contribution in [0.15, 0.2) is 23.4 Å². The minimum absolute atomic E-state index is 0.0618. The van der Waals surface area contributed by atoms with Crippen molar-refractivity contribution in [1.29, 1.82) is 0 Å². The lowest BCUT2D eigenvalue weighted by Crippen LogP contribution is -2.29. The summed E-state index contributed by atoms with van der Waals surface area (Å²) < 4.78 is 0. The van der Waals surface area contributed by atoms with Gasteiger partial charge >= 0.3 is 5.97 Å². The molecule has 0 aromatic carbocycles. The zero-order valence-corrected chi connectivity index (χ0v) is 17.1. The highest BCUT2D eigenvalue weighted by atomic mass is 16.6. The maximum Gasteiger partial charge on any atom is 0.303 e. The van der Waals surface area contributed by atoms with Crippen LogP contribution in [0.25, 0.3) is 0 Å². The maximum absolute atomic E-state index is 10.5. The van der Waals surface area contributed by atoms with Crippen LogP contribution in [0.2, 0.25) is 0 Å². The van der Waals surface area contributed by atoms with Crippen molar-refractivity contribution in [3.05, 3.63) is 23.4 Å². The van der Waals surface area contributed by atoms with Crippen LogP contribution >= 0.6 is 0 Å². The number of fused-ring (bicyclic) bond motifs is 1. The molecule has 1 fully saturated rings. The number of carboxylic acids is 1. The highest BCUT2D eigenvalue weighted by Crippen LogP contribution is 2.49. The fourth-order valence-corrected chi connectivity index (χ4v) is 4.13. The van der Waals surface area contributed by atoms with Crippen LogP contribution in [-0.4, -0.2) is 40.1 Å². The van der Waals surface area contributed by atoms with Crippen molar-refractivity contribution >= 4 is 5.97 Å². The van der Waals surface area contributed by atoms with Gasteiger partial charge in [0.1, 0.15) is 0 Å². The van der Waals surface area contributed by atoms with Gasteiger partial charge in [-0.2, -0.15) is 0 Å². The maximum atomic E-state index is 10.5. The van der Waals surface area contributed by atoms with Crippen molar-refractivity contribution in [3.63, 3.8) is 0 Å². The average Bonchev–Trinajstić information content (AvgIpc) is 2.89. The normalized spacial score (nSPS) is 25.0. The molecule has 0 saturated heterocycles. The Labute approximate surface area is 168 Å². The quantitative estimate of drug-likeness (QED) is 0.192. The van der Waals surface area contributed by atoms with E-state index in [0.29, 0.717) is 25.4 Å². The number of nitrogens with one attached hydrogen (secondary N) is 1. The molecule has 2 aliphatic carbocycles. The second-order valence-electron chi connectivity index (χ2n) is 8.12. The molecule has 0 aromatic rings. The highest BCUT2D eigenvalue weighted by Gasteiger charge is 2.44. The summed E-state index contributed by atoms with van der Waals surface area (Å²) in [5, 5.41) is 29.1. The van der Waals surface area contributed by atoms with Gasteiger partial charge in [-0.3, -0.25) is 15.1 Å². The Hall–Kier alpha value is -1.37. The molecule has 4 N–H and O–H groups in total. The van der Waals surface area contributed by atoms with E-state index in [-0.39, 0.29) is 12.3 Å². The number of unbranched alkanes of at least 4 members (excludes halogenated alkanes) is 5. The summed E-state index contributed by atoms with van der Waals surface area (Å²) in [7, 11) is 0. The standard InChI is InChI=1S/C22H37NO5/c1-2-3-4-5-6-7-9-16(24)11-12-17-18-14-20(19(18)15-21(17)25)23-28-13-8-10-22(26)27/h11-12,16-18,21,23-25H,2-10,13-15H2,1H3,(H,26,27)/t16?,17?,18-,21?/m0/s1. The topological polar surface area (TPSA) is 99.0 Å². The third-order valence-electron chi connectivity index (χ3n) is 5.84. The molecule has 3 unspecified atom stereocenters. The third-order valence-corrected chi connectivity index (χ3v) is 5.84. The Kier molecular flexibility index (Phi) is 10.0. The Bertz CT molecular complexity index is 545. The van der Waals surface area contributed by atoms with Crippen LogP contribution in [0.4, 0.5) is 0 Å². The number of aliphatic hydroxyl groups excluding tert-OH is 2. The fourth-order valence-electron chi connectivity index (χ4n) is 4.13. The van der Waals surface area contributed by atoms with Gasteiger partial charge in [-0.05, 0) is 37.2 Å². The van der Waals surface area contributed by atoms with E-state index in [0.717, 1.165) is 25.0 Å². The summed E-state index contributed by atoms with van der Waals surface area (Å²) in [6.45, 7) is 2.56. The Balaban J connectivity index is 1.66. The molecule has 28 heavy (non-hydrogen) atoms.